The van der Waals surface area contributed by atoms with Crippen LogP contribution in [0.4, 0.5) is 32.1 Å². The average molecular weight is 403 g/mol. The first kappa shape index (κ1) is 19.1. The molecule has 0 radical (unpaired) electrons. The molecule has 0 saturated carbocycles. The smallest absolute Gasteiger partial charge is 0.323 e. The summed E-state index contributed by atoms with van der Waals surface area (Å²) in [4.78, 5) is 24.8. The molecule has 0 unspecified atom stereocenters. The lowest BCUT2D eigenvalue weighted by Gasteiger charge is -2.10. The van der Waals surface area contributed by atoms with E-state index in [1.165, 1.54) is 30.6 Å². The summed E-state index contributed by atoms with van der Waals surface area (Å²) in [5.41, 5.74) is 1.91. The fraction of sp³-hybridized carbons (Fsp3) is 0.0476. The van der Waals surface area contributed by atoms with E-state index in [0.29, 0.717) is 23.0 Å². The predicted octanol–water partition coefficient (Wildman–Crippen LogP) is 4.50. The van der Waals surface area contributed by atoms with E-state index < -0.39 is 6.03 Å². The maximum absolute atomic E-state index is 12.9. The molecule has 0 fully saturated rings. The van der Waals surface area contributed by atoms with Crippen LogP contribution < -0.4 is 16.0 Å². The number of halogens is 1. The Labute approximate surface area is 171 Å². The lowest BCUT2D eigenvalue weighted by Crippen LogP contribution is -2.19. The molecule has 0 saturated heterocycles. The zero-order chi connectivity index (χ0) is 20.9. The number of urea groups is 1. The first-order chi connectivity index (χ1) is 14.6. The molecule has 2 aromatic heterocycles. The summed E-state index contributed by atoms with van der Waals surface area (Å²) in [5.74, 6) is 1.80. The van der Waals surface area contributed by atoms with Crippen LogP contribution in [0.2, 0.25) is 0 Å². The van der Waals surface area contributed by atoms with Gasteiger partial charge in [-0.05, 0) is 55.5 Å². The van der Waals surface area contributed by atoms with Crippen molar-refractivity contribution in [3.63, 3.8) is 0 Å². The largest absolute Gasteiger partial charge is 0.340 e. The van der Waals surface area contributed by atoms with Gasteiger partial charge in [0.15, 0.2) is 0 Å². The summed E-state index contributed by atoms with van der Waals surface area (Å²) >= 11 is 0. The van der Waals surface area contributed by atoms with Crippen molar-refractivity contribution in [3.05, 3.63) is 85.0 Å². The van der Waals surface area contributed by atoms with Crippen LogP contribution >= 0.6 is 0 Å². The molecule has 3 N–H and O–H groups in total. The second-order valence-corrected chi connectivity index (χ2v) is 6.39. The maximum atomic E-state index is 12.9. The highest BCUT2D eigenvalue weighted by Gasteiger charge is 2.06. The zero-order valence-electron chi connectivity index (χ0n) is 16.0. The molecule has 8 nitrogen and oxygen atoms in total. The van der Waals surface area contributed by atoms with Gasteiger partial charge in [-0.25, -0.2) is 24.1 Å². The molecule has 4 rings (SSSR count). The van der Waals surface area contributed by atoms with Crippen molar-refractivity contribution in [1.82, 2.24) is 19.5 Å². The van der Waals surface area contributed by atoms with Gasteiger partial charge in [-0.15, -0.1) is 0 Å². The number of rotatable bonds is 5. The Morgan fingerprint density at radius 3 is 2.17 bits per heavy atom. The second-order valence-electron chi connectivity index (χ2n) is 6.39. The van der Waals surface area contributed by atoms with E-state index in [9.17, 15) is 9.18 Å². The number of benzene rings is 2. The van der Waals surface area contributed by atoms with Gasteiger partial charge in [-0.3, -0.25) is 4.57 Å². The van der Waals surface area contributed by atoms with E-state index in [2.05, 4.69) is 30.9 Å². The van der Waals surface area contributed by atoms with Crippen LogP contribution in [0.15, 0.2) is 73.3 Å². The number of carbonyl (C=O) groups excluding carboxylic acids is 1. The van der Waals surface area contributed by atoms with Crippen molar-refractivity contribution in [1.29, 1.82) is 0 Å². The normalized spacial score (nSPS) is 10.5. The highest BCUT2D eigenvalue weighted by molar-refractivity contribution is 5.99. The van der Waals surface area contributed by atoms with Gasteiger partial charge in [0.25, 0.3) is 0 Å². The van der Waals surface area contributed by atoms with Gasteiger partial charge in [0.1, 0.15) is 29.6 Å². The molecule has 4 aromatic rings. The number of nitrogens with one attached hydrogen (secondary N) is 3. The quantitative estimate of drug-likeness (QED) is 0.456. The number of amides is 2. The number of aromatic nitrogens is 4. The van der Waals surface area contributed by atoms with E-state index >= 15 is 0 Å². The third-order valence-corrected chi connectivity index (χ3v) is 4.24. The molecular weight excluding hydrogens is 385 g/mol. The lowest BCUT2D eigenvalue weighted by atomic mass is 10.2. The van der Waals surface area contributed by atoms with Crippen molar-refractivity contribution in [2.24, 2.45) is 0 Å². The van der Waals surface area contributed by atoms with E-state index in [0.717, 1.165) is 11.5 Å². The molecule has 0 aliphatic carbocycles. The molecule has 0 aliphatic rings. The standard InChI is InChI=1S/C21H18FN7O/c1-14-23-10-11-29(14)20-12-19(24-13-25-20)26-16-6-8-18(9-7-16)28-21(30)27-17-4-2-15(22)3-5-17/h2-13H,1H3,(H,24,25,26)(H2,27,28,30). The van der Waals surface area contributed by atoms with Crippen molar-refractivity contribution >= 4 is 28.9 Å². The van der Waals surface area contributed by atoms with Crippen LogP contribution in [0.3, 0.4) is 0 Å². The highest BCUT2D eigenvalue weighted by Crippen LogP contribution is 2.19. The van der Waals surface area contributed by atoms with Crippen LogP contribution in [0.5, 0.6) is 0 Å². The van der Waals surface area contributed by atoms with Gasteiger partial charge < -0.3 is 16.0 Å². The molecule has 2 aromatic carbocycles. The Bertz CT molecular complexity index is 1160. The fourth-order valence-electron chi connectivity index (χ4n) is 2.78. The van der Waals surface area contributed by atoms with Crippen molar-refractivity contribution < 1.29 is 9.18 Å². The third kappa shape index (κ3) is 4.58. The number of anilines is 4. The molecule has 0 bridgehead atoms. The van der Waals surface area contributed by atoms with E-state index in [1.807, 2.05) is 35.9 Å². The van der Waals surface area contributed by atoms with Gasteiger partial charge >= 0.3 is 6.03 Å². The predicted molar refractivity (Wildman–Crippen MR) is 113 cm³/mol. The van der Waals surface area contributed by atoms with Crippen LogP contribution in [-0.2, 0) is 0 Å². The third-order valence-electron chi connectivity index (χ3n) is 4.24. The van der Waals surface area contributed by atoms with Crippen molar-refractivity contribution in [2.75, 3.05) is 16.0 Å². The van der Waals surface area contributed by atoms with Gasteiger partial charge in [-0.1, -0.05) is 0 Å². The summed E-state index contributed by atoms with van der Waals surface area (Å²) in [6, 6.07) is 14.1. The first-order valence-corrected chi connectivity index (χ1v) is 9.10. The van der Waals surface area contributed by atoms with Crippen LogP contribution in [0.1, 0.15) is 5.82 Å². The van der Waals surface area contributed by atoms with Gasteiger partial charge in [-0.2, -0.15) is 0 Å². The highest BCUT2D eigenvalue weighted by atomic mass is 19.1. The fourth-order valence-corrected chi connectivity index (χ4v) is 2.78. The SMILES string of the molecule is Cc1nccn1-c1cc(Nc2ccc(NC(=O)Nc3ccc(F)cc3)cc2)ncn1. The van der Waals surface area contributed by atoms with Gasteiger partial charge in [0.2, 0.25) is 0 Å². The molecule has 150 valence electrons. The minimum absolute atomic E-state index is 0.361. The number of aryl methyl sites for hydroxylation is 1. The minimum atomic E-state index is -0.418. The molecular formula is C21H18FN7O. The Balaban J connectivity index is 1.38. The molecule has 30 heavy (non-hydrogen) atoms. The minimum Gasteiger partial charge on any atom is -0.340 e. The Morgan fingerprint density at radius 1 is 0.900 bits per heavy atom. The topological polar surface area (TPSA) is 96.8 Å². The zero-order valence-corrected chi connectivity index (χ0v) is 16.0. The number of carbonyl (C=O) groups is 1. The number of hydrogen-bond donors (Lipinski definition) is 3. The maximum Gasteiger partial charge on any atom is 0.323 e. The second kappa shape index (κ2) is 8.39. The molecule has 2 amide bonds. The summed E-state index contributed by atoms with van der Waals surface area (Å²) in [6.45, 7) is 1.90. The molecule has 0 atom stereocenters. The molecule has 0 aliphatic heterocycles. The Hall–Kier alpha value is -4.27. The van der Waals surface area contributed by atoms with E-state index in [-0.39, 0.29) is 5.82 Å². The monoisotopic (exact) mass is 403 g/mol. The average Bonchev–Trinajstić information content (AvgIpc) is 3.17. The van der Waals surface area contributed by atoms with Crippen LogP contribution in [0, 0.1) is 12.7 Å². The number of hydrogen-bond acceptors (Lipinski definition) is 5. The number of imidazole rings is 1. The Morgan fingerprint density at radius 2 is 1.53 bits per heavy atom. The van der Waals surface area contributed by atoms with Crippen molar-refractivity contribution in [2.45, 2.75) is 6.92 Å². The summed E-state index contributed by atoms with van der Waals surface area (Å²) in [6.07, 6.45) is 5.02. The van der Waals surface area contributed by atoms with Crippen molar-refractivity contribution in [3.8, 4) is 5.82 Å². The van der Waals surface area contributed by atoms with Gasteiger partial charge in [0.05, 0.1) is 0 Å². The van der Waals surface area contributed by atoms with Crippen LogP contribution in [-0.4, -0.2) is 25.6 Å². The first-order valence-electron chi connectivity index (χ1n) is 9.10. The molecule has 0 spiro atoms. The summed E-state index contributed by atoms with van der Waals surface area (Å²) in [7, 11) is 0. The van der Waals surface area contributed by atoms with Gasteiger partial charge in [0, 0.05) is 35.5 Å². The summed E-state index contributed by atoms with van der Waals surface area (Å²) < 4.78 is 14.8. The van der Waals surface area contributed by atoms with E-state index in [1.54, 1.807) is 18.3 Å². The summed E-state index contributed by atoms with van der Waals surface area (Å²) in [5, 5.41) is 8.56. The van der Waals surface area contributed by atoms with Crippen LogP contribution in [0.25, 0.3) is 5.82 Å². The lowest BCUT2D eigenvalue weighted by molar-refractivity contribution is 0.262. The molecule has 9 heteroatoms. The van der Waals surface area contributed by atoms with E-state index in [4.69, 9.17) is 0 Å². The molecule has 2 heterocycles. The number of nitrogens with zero attached hydrogens (tertiary/aromatic N) is 4. The Kier molecular flexibility index (Phi) is 5.33.